The van der Waals surface area contributed by atoms with E-state index in [2.05, 4.69) is 28.7 Å². The van der Waals surface area contributed by atoms with Crippen LogP contribution in [0.3, 0.4) is 0 Å². The molecule has 0 saturated heterocycles. The van der Waals surface area contributed by atoms with Crippen molar-refractivity contribution in [1.82, 2.24) is 0 Å². The lowest BCUT2D eigenvalue weighted by Gasteiger charge is -2.03. The largest absolute Gasteiger partial charge is 0.298 e. The number of alkyl halides is 1. The highest BCUT2D eigenvalue weighted by Gasteiger charge is 2.09. The molecule has 0 unspecified atom stereocenters. The van der Waals surface area contributed by atoms with Gasteiger partial charge in [0.1, 0.15) is 0 Å². The van der Waals surface area contributed by atoms with Gasteiger partial charge in [0.25, 0.3) is 0 Å². The molecule has 0 fully saturated rings. The number of rotatable bonds is 2. The predicted molar refractivity (Wildman–Crippen MR) is 69.5 cm³/mol. The molecule has 0 amide bonds. The van der Waals surface area contributed by atoms with Crippen molar-refractivity contribution >= 4 is 61.9 Å². The number of aldehydes is 1. The first kappa shape index (κ1) is 10.4. The summed E-state index contributed by atoms with van der Waals surface area (Å²) < 4.78 is 2.18. The van der Waals surface area contributed by atoms with E-state index < -0.39 is 0 Å². The maximum atomic E-state index is 10.8. The molecule has 0 aliphatic carbocycles. The molecule has 1 heterocycles. The third-order valence-electron chi connectivity index (χ3n) is 2.06. The minimum Gasteiger partial charge on any atom is -0.298 e. The SMILES string of the molecule is O=Cc1cc(CCl)c2ccsc2c1I. The molecule has 0 spiro atoms. The Bertz CT molecular complexity index is 492. The molecule has 1 nitrogen and oxygen atoms in total. The number of thiophene rings is 1. The molecule has 72 valence electrons. The van der Waals surface area contributed by atoms with Gasteiger partial charge in [-0.25, -0.2) is 0 Å². The average Bonchev–Trinajstić information content (AvgIpc) is 2.68. The van der Waals surface area contributed by atoms with E-state index >= 15 is 0 Å². The van der Waals surface area contributed by atoms with Gasteiger partial charge in [0.2, 0.25) is 0 Å². The van der Waals surface area contributed by atoms with Gasteiger partial charge in [0, 0.05) is 19.7 Å². The fourth-order valence-corrected chi connectivity index (χ4v) is 3.45. The second kappa shape index (κ2) is 4.16. The molecule has 0 aliphatic rings. The monoisotopic (exact) mass is 336 g/mol. The summed E-state index contributed by atoms with van der Waals surface area (Å²) in [5.74, 6) is 0.449. The zero-order valence-corrected chi connectivity index (χ0v) is 10.8. The van der Waals surface area contributed by atoms with Crippen molar-refractivity contribution in [3.05, 3.63) is 32.2 Å². The maximum absolute atomic E-state index is 10.8. The van der Waals surface area contributed by atoms with Crippen LogP contribution in [-0.2, 0) is 5.88 Å². The molecule has 0 radical (unpaired) electrons. The van der Waals surface area contributed by atoms with E-state index in [1.807, 2.05) is 11.4 Å². The van der Waals surface area contributed by atoms with Crippen LogP contribution in [0, 0.1) is 3.57 Å². The van der Waals surface area contributed by atoms with Crippen LogP contribution in [0.1, 0.15) is 15.9 Å². The molecule has 2 aromatic rings. The summed E-state index contributed by atoms with van der Waals surface area (Å²) in [4.78, 5) is 10.8. The number of fused-ring (bicyclic) bond motifs is 1. The minimum absolute atomic E-state index is 0.449. The molecule has 2 rings (SSSR count). The second-order valence-corrected chi connectivity index (χ2v) is 5.12. The normalized spacial score (nSPS) is 10.7. The van der Waals surface area contributed by atoms with Crippen molar-refractivity contribution in [1.29, 1.82) is 0 Å². The first-order valence-corrected chi connectivity index (χ1v) is 6.47. The molecule has 1 aromatic carbocycles. The summed E-state index contributed by atoms with van der Waals surface area (Å²) in [6.45, 7) is 0. The lowest BCUT2D eigenvalue weighted by molar-refractivity contribution is 0.112. The first-order chi connectivity index (χ1) is 6.77. The van der Waals surface area contributed by atoms with Crippen molar-refractivity contribution in [2.75, 3.05) is 0 Å². The predicted octanol–water partition coefficient (Wildman–Crippen LogP) is 4.06. The van der Waals surface area contributed by atoms with Crippen molar-refractivity contribution in [3.63, 3.8) is 0 Å². The zero-order chi connectivity index (χ0) is 10.1. The highest BCUT2D eigenvalue weighted by molar-refractivity contribution is 14.1. The van der Waals surface area contributed by atoms with Crippen LogP contribution in [0.2, 0.25) is 0 Å². The van der Waals surface area contributed by atoms with Gasteiger partial charge in [-0.2, -0.15) is 0 Å². The Hall–Kier alpha value is -0.130. The third-order valence-corrected chi connectivity index (χ3v) is 4.81. The van der Waals surface area contributed by atoms with Crippen molar-refractivity contribution in [2.24, 2.45) is 0 Å². The summed E-state index contributed by atoms with van der Waals surface area (Å²) >= 11 is 9.68. The van der Waals surface area contributed by atoms with Crippen LogP contribution in [0.25, 0.3) is 10.1 Å². The van der Waals surface area contributed by atoms with E-state index in [0.717, 1.165) is 25.7 Å². The molecule has 14 heavy (non-hydrogen) atoms. The quantitative estimate of drug-likeness (QED) is 0.459. The fourth-order valence-electron chi connectivity index (χ4n) is 1.39. The highest BCUT2D eigenvalue weighted by Crippen LogP contribution is 2.32. The van der Waals surface area contributed by atoms with Gasteiger partial charge in [-0.15, -0.1) is 22.9 Å². The van der Waals surface area contributed by atoms with Crippen LogP contribution in [-0.4, -0.2) is 6.29 Å². The minimum atomic E-state index is 0.449. The lowest BCUT2D eigenvalue weighted by Crippen LogP contribution is -1.90. The molecule has 0 N–H and O–H groups in total. The highest BCUT2D eigenvalue weighted by atomic mass is 127. The number of hydrogen-bond donors (Lipinski definition) is 0. The number of halogens is 2. The Kier molecular flexibility index (Phi) is 3.09. The summed E-state index contributed by atoms with van der Waals surface area (Å²) in [6.07, 6.45) is 0.886. The summed E-state index contributed by atoms with van der Waals surface area (Å²) in [5.41, 5.74) is 1.77. The Morgan fingerprint density at radius 2 is 2.36 bits per heavy atom. The fraction of sp³-hybridized carbons (Fsp3) is 0.100. The second-order valence-electron chi connectivity index (χ2n) is 2.85. The third kappa shape index (κ3) is 1.57. The standard InChI is InChI=1S/C10H6ClIOS/c11-4-6-3-7(5-13)9(12)10-8(6)1-2-14-10/h1-3,5H,4H2. The molecule has 0 atom stereocenters. The van der Waals surface area contributed by atoms with Gasteiger partial charge in [0.05, 0.1) is 0 Å². The van der Waals surface area contributed by atoms with Gasteiger partial charge >= 0.3 is 0 Å². The molecule has 4 heteroatoms. The Morgan fingerprint density at radius 1 is 1.57 bits per heavy atom. The first-order valence-electron chi connectivity index (χ1n) is 3.97. The number of carbonyl (C=O) groups is 1. The van der Waals surface area contributed by atoms with Crippen molar-refractivity contribution in [2.45, 2.75) is 5.88 Å². The van der Waals surface area contributed by atoms with Crippen LogP contribution < -0.4 is 0 Å². The molecular weight excluding hydrogens is 331 g/mol. The Balaban J connectivity index is 2.86. The van der Waals surface area contributed by atoms with Crippen LogP contribution >= 0.6 is 45.5 Å². The summed E-state index contributed by atoms with van der Waals surface area (Å²) in [7, 11) is 0. The molecular formula is C10H6ClIOS. The summed E-state index contributed by atoms with van der Waals surface area (Å²) in [5, 5.41) is 3.19. The van der Waals surface area contributed by atoms with Crippen LogP contribution in [0.5, 0.6) is 0 Å². The number of benzene rings is 1. The topological polar surface area (TPSA) is 17.1 Å². The van der Waals surface area contributed by atoms with E-state index in [4.69, 9.17) is 11.6 Å². The van der Waals surface area contributed by atoms with Crippen molar-refractivity contribution in [3.8, 4) is 0 Å². The van der Waals surface area contributed by atoms with Crippen LogP contribution in [0.4, 0.5) is 0 Å². The number of carbonyl (C=O) groups excluding carboxylic acids is 1. The summed E-state index contributed by atoms with van der Waals surface area (Å²) in [6, 6.07) is 3.92. The van der Waals surface area contributed by atoms with Gasteiger partial charge < -0.3 is 0 Å². The molecule has 0 bridgehead atoms. The van der Waals surface area contributed by atoms with E-state index in [9.17, 15) is 4.79 Å². The molecule has 1 aromatic heterocycles. The van der Waals surface area contributed by atoms with E-state index in [1.165, 1.54) is 5.39 Å². The van der Waals surface area contributed by atoms with Gasteiger partial charge in [-0.1, -0.05) is 0 Å². The Morgan fingerprint density at radius 3 is 3.00 bits per heavy atom. The molecule has 0 aliphatic heterocycles. The zero-order valence-electron chi connectivity index (χ0n) is 7.09. The Labute approximate surface area is 104 Å². The average molecular weight is 337 g/mol. The molecule has 0 saturated carbocycles. The number of hydrogen-bond acceptors (Lipinski definition) is 2. The van der Waals surface area contributed by atoms with Crippen LogP contribution in [0.15, 0.2) is 17.5 Å². The van der Waals surface area contributed by atoms with Crippen molar-refractivity contribution < 1.29 is 4.79 Å². The van der Waals surface area contributed by atoms with E-state index in [-0.39, 0.29) is 0 Å². The van der Waals surface area contributed by atoms with Gasteiger partial charge in [-0.3, -0.25) is 4.79 Å². The maximum Gasteiger partial charge on any atom is 0.151 e. The lowest BCUT2D eigenvalue weighted by atomic mass is 10.1. The van der Waals surface area contributed by atoms with E-state index in [1.54, 1.807) is 11.3 Å². The van der Waals surface area contributed by atoms with Gasteiger partial charge in [-0.05, 0) is 51.1 Å². The van der Waals surface area contributed by atoms with Gasteiger partial charge in [0.15, 0.2) is 6.29 Å². The smallest absolute Gasteiger partial charge is 0.151 e. The van der Waals surface area contributed by atoms with E-state index in [0.29, 0.717) is 5.88 Å².